The van der Waals surface area contributed by atoms with Crippen molar-refractivity contribution in [3.63, 3.8) is 0 Å². The second-order valence-electron chi connectivity index (χ2n) is 4.50. The molecule has 0 aliphatic rings. The number of benzene rings is 1. The van der Waals surface area contributed by atoms with Crippen LogP contribution in [0.2, 0.25) is 5.02 Å². The Hall–Kier alpha value is -2.12. The number of aliphatic hydroxyl groups is 1. The molecular weight excluding hydrogens is 298 g/mol. The molecule has 2 rings (SSSR count). The highest BCUT2D eigenvalue weighted by Gasteiger charge is 2.18. The second-order valence-corrected chi connectivity index (χ2v) is 4.94. The van der Waals surface area contributed by atoms with E-state index in [1.54, 1.807) is 31.2 Å². The fourth-order valence-corrected chi connectivity index (χ4v) is 1.87. The average molecular weight is 312 g/mol. The third-order valence-corrected chi connectivity index (χ3v) is 3.05. The van der Waals surface area contributed by atoms with Crippen molar-refractivity contribution in [2.24, 2.45) is 0 Å². The van der Waals surface area contributed by atoms with E-state index in [2.05, 4.69) is 5.10 Å². The summed E-state index contributed by atoms with van der Waals surface area (Å²) in [5.41, 5.74) is 0.604. The summed E-state index contributed by atoms with van der Waals surface area (Å²) in [7, 11) is 0. The van der Waals surface area contributed by atoms with E-state index < -0.39 is 11.0 Å². The maximum absolute atomic E-state index is 10.6. The van der Waals surface area contributed by atoms with Crippen LogP contribution < -0.4 is 4.74 Å². The highest BCUT2D eigenvalue weighted by molar-refractivity contribution is 6.30. The van der Waals surface area contributed by atoms with E-state index in [1.165, 1.54) is 10.7 Å². The molecule has 0 aliphatic carbocycles. The Kier molecular flexibility index (Phi) is 4.77. The van der Waals surface area contributed by atoms with E-state index in [0.717, 1.165) is 0 Å². The standard InChI is InChI=1S/C13H14ClN3O4/c1-9-6-13(17(19)20)15-16(9)7-11(18)8-21-12-4-2-10(14)3-5-12/h2-6,11,18H,7-8H2,1H3. The highest BCUT2D eigenvalue weighted by atomic mass is 35.5. The second kappa shape index (κ2) is 6.55. The molecule has 0 amide bonds. The van der Waals surface area contributed by atoms with Gasteiger partial charge in [0.2, 0.25) is 0 Å². The van der Waals surface area contributed by atoms with Crippen LogP contribution in [0.25, 0.3) is 0 Å². The first-order chi connectivity index (χ1) is 9.95. The van der Waals surface area contributed by atoms with E-state index in [-0.39, 0.29) is 19.0 Å². The van der Waals surface area contributed by atoms with Crippen LogP contribution in [0.3, 0.4) is 0 Å². The van der Waals surface area contributed by atoms with Crippen LogP contribution in [0.1, 0.15) is 5.69 Å². The van der Waals surface area contributed by atoms with Gasteiger partial charge in [-0.1, -0.05) is 11.6 Å². The molecule has 1 N–H and O–H groups in total. The highest BCUT2D eigenvalue weighted by Crippen LogP contribution is 2.16. The van der Waals surface area contributed by atoms with Gasteiger partial charge in [-0.3, -0.25) is 0 Å². The number of ether oxygens (including phenoxy) is 1. The van der Waals surface area contributed by atoms with Gasteiger partial charge in [-0.25, -0.2) is 0 Å². The van der Waals surface area contributed by atoms with Crippen molar-refractivity contribution < 1.29 is 14.8 Å². The van der Waals surface area contributed by atoms with Gasteiger partial charge in [0.05, 0.1) is 23.4 Å². The lowest BCUT2D eigenvalue weighted by Crippen LogP contribution is -2.24. The van der Waals surface area contributed by atoms with Crippen LogP contribution in [-0.4, -0.2) is 32.5 Å². The Bertz CT molecular complexity index is 627. The Morgan fingerprint density at radius 1 is 1.48 bits per heavy atom. The Morgan fingerprint density at radius 3 is 2.71 bits per heavy atom. The zero-order valence-electron chi connectivity index (χ0n) is 11.3. The van der Waals surface area contributed by atoms with Crippen LogP contribution in [0.4, 0.5) is 5.82 Å². The van der Waals surface area contributed by atoms with Crippen molar-refractivity contribution in [2.45, 2.75) is 19.6 Å². The van der Waals surface area contributed by atoms with Crippen molar-refractivity contribution >= 4 is 17.4 Å². The van der Waals surface area contributed by atoms with E-state index in [9.17, 15) is 15.2 Å². The number of nitro groups is 1. The molecule has 0 aliphatic heterocycles. The van der Waals surface area contributed by atoms with Gasteiger partial charge >= 0.3 is 5.82 Å². The van der Waals surface area contributed by atoms with Crippen LogP contribution in [0, 0.1) is 17.0 Å². The number of aromatic nitrogens is 2. The van der Waals surface area contributed by atoms with Crippen molar-refractivity contribution in [3.8, 4) is 5.75 Å². The van der Waals surface area contributed by atoms with Gasteiger partial charge in [0.25, 0.3) is 0 Å². The zero-order chi connectivity index (χ0) is 15.4. The molecule has 0 saturated carbocycles. The molecule has 0 fully saturated rings. The maximum Gasteiger partial charge on any atom is 0.390 e. The quantitative estimate of drug-likeness (QED) is 0.652. The van der Waals surface area contributed by atoms with Gasteiger partial charge in [0.15, 0.2) is 0 Å². The summed E-state index contributed by atoms with van der Waals surface area (Å²) in [5, 5.41) is 24.9. The maximum atomic E-state index is 10.6. The molecule has 1 heterocycles. The van der Waals surface area contributed by atoms with E-state index in [0.29, 0.717) is 16.5 Å². The first kappa shape index (κ1) is 15.3. The average Bonchev–Trinajstić information content (AvgIpc) is 2.80. The normalized spacial score (nSPS) is 12.1. The summed E-state index contributed by atoms with van der Waals surface area (Å²) in [6, 6.07) is 8.11. The lowest BCUT2D eigenvalue weighted by Gasteiger charge is -2.11. The first-order valence-electron chi connectivity index (χ1n) is 6.21. The van der Waals surface area contributed by atoms with Crippen LogP contribution in [0.15, 0.2) is 30.3 Å². The summed E-state index contributed by atoms with van der Waals surface area (Å²) >= 11 is 5.76. The number of aliphatic hydroxyl groups excluding tert-OH is 1. The SMILES string of the molecule is Cc1cc([N+](=O)[O-])nn1CC(O)COc1ccc(Cl)cc1. The molecule has 112 valence electrons. The van der Waals surface area contributed by atoms with Crippen molar-refractivity contribution in [1.29, 1.82) is 0 Å². The Balaban J connectivity index is 1.91. The molecule has 21 heavy (non-hydrogen) atoms. The van der Waals surface area contributed by atoms with Gasteiger partial charge in [0, 0.05) is 5.02 Å². The lowest BCUT2D eigenvalue weighted by atomic mass is 10.3. The van der Waals surface area contributed by atoms with Gasteiger partial charge in [-0.15, -0.1) is 0 Å². The monoisotopic (exact) mass is 311 g/mol. The largest absolute Gasteiger partial charge is 0.491 e. The summed E-state index contributed by atoms with van der Waals surface area (Å²) in [5.74, 6) is 0.347. The number of rotatable bonds is 6. The first-order valence-corrected chi connectivity index (χ1v) is 6.59. The topological polar surface area (TPSA) is 90.4 Å². The van der Waals surface area contributed by atoms with Gasteiger partial charge in [0.1, 0.15) is 18.5 Å². The molecule has 1 atom stereocenters. The molecule has 0 radical (unpaired) electrons. The van der Waals surface area contributed by atoms with E-state index in [4.69, 9.17) is 16.3 Å². The molecule has 0 spiro atoms. The van der Waals surface area contributed by atoms with Gasteiger partial charge in [-0.05, 0) is 36.1 Å². The molecule has 1 aromatic heterocycles. The Morgan fingerprint density at radius 2 is 2.14 bits per heavy atom. The number of nitrogens with zero attached hydrogens (tertiary/aromatic N) is 3. The summed E-state index contributed by atoms with van der Waals surface area (Å²) in [6.07, 6.45) is -0.834. The molecular formula is C13H14ClN3O4. The molecule has 0 saturated heterocycles. The van der Waals surface area contributed by atoms with E-state index >= 15 is 0 Å². The van der Waals surface area contributed by atoms with Crippen molar-refractivity contribution in [3.05, 3.63) is 51.2 Å². The molecule has 0 bridgehead atoms. The van der Waals surface area contributed by atoms with Crippen LogP contribution in [0.5, 0.6) is 5.75 Å². The molecule has 8 heteroatoms. The van der Waals surface area contributed by atoms with Crippen LogP contribution in [-0.2, 0) is 6.54 Å². The number of aryl methyl sites for hydroxylation is 1. The zero-order valence-corrected chi connectivity index (χ0v) is 12.0. The smallest absolute Gasteiger partial charge is 0.390 e. The van der Waals surface area contributed by atoms with Gasteiger partial charge < -0.3 is 20.0 Å². The third-order valence-electron chi connectivity index (χ3n) is 2.80. The number of hydrogen-bond acceptors (Lipinski definition) is 5. The minimum Gasteiger partial charge on any atom is -0.491 e. The minimum absolute atomic E-state index is 0.0503. The Labute approximate surface area is 125 Å². The summed E-state index contributed by atoms with van der Waals surface area (Å²) < 4.78 is 6.79. The predicted molar refractivity (Wildman–Crippen MR) is 76.6 cm³/mol. The van der Waals surface area contributed by atoms with Gasteiger partial charge in [-0.2, -0.15) is 4.68 Å². The number of halogens is 1. The lowest BCUT2D eigenvalue weighted by molar-refractivity contribution is -0.389. The van der Waals surface area contributed by atoms with E-state index in [1.807, 2.05) is 0 Å². The summed E-state index contributed by atoms with van der Waals surface area (Å²) in [6.45, 7) is 1.86. The molecule has 1 unspecified atom stereocenters. The van der Waals surface area contributed by atoms with Crippen molar-refractivity contribution in [2.75, 3.05) is 6.61 Å². The fourth-order valence-electron chi connectivity index (χ4n) is 1.74. The number of hydrogen-bond donors (Lipinski definition) is 1. The third kappa shape index (κ3) is 4.17. The van der Waals surface area contributed by atoms with Crippen molar-refractivity contribution in [1.82, 2.24) is 9.78 Å². The predicted octanol–water partition coefficient (Wildman–Crippen LogP) is 2.19. The fraction of sp³-hybridized carbons (Fsp3) is 0.308. The minimum atomic E-state index is -0.834. The summed E-state index contributed by atoms with van der Waals surface area (Å²) in [4.78, 5) is 10.1. The van der Waals surface area contributed by atoms with Crippen LogP contribution >= 0.6 is 11.6 Å². The molecule has 7 nitrogen and oxygen atoms in total. The molecule has 1 aromatic carbocycles. The molecule has 2 aromatic rings.